The Morgan fingerprint density at radius 3 is 1.95 bits per heavy atom. The van der Waals surface area contributed by atoms with Gasteiger partial charge in [0.2, 0.25) is 11.8 Å². The second-order valence-electron chi connectivity index (χ2n) is 11.4. The summed E-state index contributed by atoms with van der Waals surface area (Å²) in [5, 5.41) is 18.6. The van der Waals surface area contributed by atoms with Crippen molar-refractivity contribution in [3.63, 3.8) is 0 Å². The smallest absolute Gasteiger partial charge is 0.407 e. The van der Waals surface area contributed by atoms with Crippen LogP contribution in [0.25, 0.3) is 11.1 Å². The predicted molar refractivity (Wildman–Crippen MR) is 163 cm³/mol. The lowest BCUT2D eigenvalue weighted by atomic mass is 9.96. The monoisotopic (exact) mass is 593 g/mol. The van der Waals surface area contributed by atoms with Crippen molar-refractivity contribution in [2.24, 2.45) is 11.8 Å². The standard InChI is InChI=1S/C33H43N3O7/c1-7-16-42-28(38)17-27(37)29(19(2)3)35-31(39)21(6)34-32(40)30(20(4)5)36-33(41)43-18-26-24-14-10-8-12-22(24)23-13-9-11-15-25(23)26/h7-15,19-21,26-27,29-30,37H,1,16-18H2,2-6H3,(H,34,40)(H,35,39)(H,36,41)/t21-,27+,29-,30-/m1/s1. The van der Waals surface area contributed by atoms with E-state index in [4.69, 9.17) is 9.47 Å². The van der Waals surface area contributed by atoms with Crippen LogP contribution in [0.5, 0.6) is 0 Å². The van der Waals surface area contributed by atoms with Gasteiger partial charge in [0.25, 0.3) is 0 Å². The van der Waals surface area contributed by atoms with Crippen molar-refractivity contribution in [3.05, 3.63) is 72.3 Å². The van der Waals surface area contributed by atoms with E-state index in [0.717, 1.165) is 22.3 Å². The fourth-order valence-electron chi connectivity index (χ4n) is 5.18. The van der Waals surface area contributed by atoms with Gasteiger partial charge in [-0.2, -0.15) is 0 Å². The van der Waals surface area contributed by atoms with Crippen molar-refractivity contribution in [2.45, 2.75) is 71.2 Å². The average Bonchev–Trinajstić information content (AvgIpc) is 3.29. The van der Waals surface area contributed by atoms with Gasteiger partial charge in [-0.3, -0.25) is 14.4 Å². The molecule has 0 aliphatic heterocycles. The molecule has 10 heteroatoms. The molecule has 43 heavy (non-hydrogen) atoms. The SMILES string of the molecule is C=CCOC(=O)C[C@H](O)[C@H](NC(=O)[C@@H](C)NC(=O)[C@H](NC(=O)OCC1c2ccccc2-c2ccccc21)C(C)C)C(C)C. The van der Waals surface area contributed by atoms with Gasteiger partial charge >= 0.3 is 12.1 Å². The Kier molecular flexibility index (Phi) is 11.9. The van der Waals surface area contributed by atoms with Crippen molar-refractivity contribution >= 4 is 23.9 Å². The summed E-state index contributed by atoms with van der Waals surface area (Å²) in [7, 11) is 0. The highest BCUT2D eigenvalue weighted by atomic mass is 16.5. The first-order valence-electron chi connectivity index (χ1n) is 14.6. The summed E-state index contributed by atoms with van der Waals surface area (Å²) in [6.07, 6.45) is -0.817. The number of hydrogen-bond acceptors (Lipinski definition) is 7. The van der Waals surface area contributed by atoms with Gasteiger partial charge in [-0.15, -0.1) is 0 Å². The Balaban J connectivity index is 1.57. The third kappa shape index (κ3) is 8.67. The molecule has 1 aliphatic rings. The lowest BCUT2D eigenvalue weighted by Crippen LogP contribution is -2.57. The quantitative estimate of drug-likeness (QED) is 0.193. The zero-order valence-electron chi connectivity index (χ0n) is 25.5. The van der Waals surface area contributed by atoms with Crippen LogP contribution in [0, 0.1) is 11.8 Å². The van der Waals surface area contributed by atoms with Crippen molar-refractivity contribution in [2.75, 3.05) is 13.2 Å². The number of rotatable bonds is 14. The third-order valence-corrected chi connectivity index (χ3v) is 7.50. The van der Waals surface area contributed by atoms with E-state index in [1.54, 1.807) is 27.7 Å². The van der Waals surface area contributed by atoms with Gasteiger partial charge in [0, 0.05) is 5.92 Å². The molecular formula is C33H43N3O7. The van der Waals surface area contributed by atoms with Crippen molar-refractivity contribution in [1.82, 2.24) is 16.0 Å². The Hall–Kier alpha value is -4.18. The predicted octanol–water partition coefficient (Wildman–Crippen LogP) is 3.68. The molecule has 232 valence electrons. The van der Waals surface area contributed by atoms with Gasteiger partial charge in [-0.1, -0.05) is 88.9 Å². The fourth-order valence-corrected chi connectivity index (χ4v) is 5.18. The summed E-state index contributed by atoms with van der Waals surface area (Å²) in [5.74, 6) is -2.36. The van der Waals surface area contributed by atoms with Gasteiger partial charge < -0.3 is 30.5 Å². The van der Waals surface area contributed by atoms with Crippen LogP contribution in [0.4, 0.5) is 4.79 Å². The highest BCUT2D eigenvalue weighted by Gasteiger charge is 2.33. The molecule has 0 bridgehead atoms. The zero-order valence-corrected chi connectivity index (χ0v) is 25.5. The summed E-state index contributed by atoms with van der Waals surface area (Å²) < 4.78 is 10.5. The molecule has 4 N–H and O–H groups in total. The molecule has 0 heterocycles. The number of carbonyl (C=O) groups excluding carboxylic acids is 4. The molecule has 0 unspecified atom stereocenters. The van der Waals surface area contributed by atoms with E-state index in [1.807, 2.05) is 48.5 Å². The Bertz CT molecular complexity index is 1260. The van der Waals surface area contributed by atoms with Crippen LogP contribution in [0.3, 0.4) is 0 Å². The molecule has 0 radical (unpaired) electrons. The molecule has 0 aromatic heterocycles. The number of amides is 3. The largest absolute Gasteiger partial charge is 0.461 e. The molecule has 0 saturated heterocycles. The summed E-state index contributed by atoms with van der Waals surface area (Å²) in [4.78, 5) is 50.9. The minimum absolute atomic E-state index is 0.0222. The first kappa shape index (κ1) is 33.3. The van der Waals surface area contributed by atoms with Crippen molar-refractivity contribution < 1.29 is 33.8 Å². The van der Waals surface area contributed by atoms with E-state index >= 15 is 0 Å². The van der Waals surface area contributed by atoms with Gasteiger partial charge in [0.1, 0.15) is 25.3 Å². The molecule has 0 saturated carbocycles. The molecule has 3 amide bonds. The maximum absolute atomic E-state index is 13.1. The third-order valence-electron chi connectivity index (χ3n) is 7.50. The minimum atomic E-state index is -1.19. The second-order valence-corrected chi connectivity index (χ2v) is 11.4. The molecule has 0 spiro atoms. The van der Waals surface area contributed by atoms with Gasteiger partial charge in [-0.25, -0.2) is 4.79 Å². The Morgan fingerprint density at radius 2 is 1.42 bits per heavy atom. The number of hydrogen-bond donors (Lipinski definition) is 4. The van der Waals surface area contributed by atoms with Gasteiger partial charge in [0.15, 0.2) is 0 Å². The Morgan fingerprint density at radius 1 is 0.837 bits per heavy atom. The van der Waals surface area contributed by atoms with E-state index in [-0.39, 0.29) is 37.4 Å². The second kappa shape index (κ2) is 15.3. The number of alkyl carbamates (subject to hydrolysis) is 1. The van der Waals surface area contributed by atoms with Crippen LogP contribution >= 0.6 is 0 Å². The topological polar surface area (TPSA) is 143 Å². The summed E-state index contributed by atoms with van der Waals surface area (Å²) in [5.41, 5.74) is 4.37. The highest BCUT2D eigenvalue weighted by molar-refractivity contribution is 5.91. The van der Waals surface area contributed by atoms with Gasteiger partial charge in [0.05, 0.1) is 18.6 Å². The first-order valence-corrected chi connectivity index (χ1v) is 14.6. The van der Waals surface area contributed by atoms with Crippen LogP contribution in [-0.4, -0.2) is 66.4 Å². The molecule has 1 aliphatic carbocycles. The molecule has 0 fully saturated rings. The van der Waals surface area contributed by atoms with Crippen LogP contribution < -0.4 is 16.0 Å². The summed E-state index contributed by atoms with van der Waals surface area (Å²) in [6, 6.07) is 13.3. The van der Waals surface area contributed by atoms with Crippen LogP contribution in [0.1, 0.15) is 58.1 Å². The normalized spacial score (nSPS) is 15.0. The molecule has 10 nitrogen and oxygen atoms in total. The number of nitrogens with one attached hydrogen (secondary N) is 3. The molecular weight excluding hydrogens is 550 g/mol. The maximum atomic E-state index is 13.1. The lowest BCUT2D eigenvalue weighted by molar-refractivity contribution is -0.145. The first-order chi connectivity index (χ1) is 20.4. The fraction of sp³-hybridized carbons (Fsp3) is 0.455. The molecule has 4 atom stereocenters. The number of ether oxygens (including phenoxy) is 2. The number of aliphatic hydroxyl groups is 1. The lowest BCUT2D eigenvalue weighted by Gasteiger charge is -2.29. The van der Waals surface area contributed by atoms with E-state index in [0.29, 0.717) is 0 Å². The van der Waals surface area contributed by atoms with Crippen LogP contribution in [0.2, 0.25) is 0 Å². The van der Waals surface area contributed by atoms with Crippen molar-refractivity contribution in [1.29, 1.82) is 0 Å². The van der Waals surface area contributed by atoms with Crippen molar-refractivity contribution in [3.8, 4) is 11.1 Å². The maximum Gasteiger partial charge on any atom is 0.407 e. The number of fused-ring (bicyclic) bond motifs is 3. The van der Waals surface area contributed by atoms with Gasteiger partial charge in [-0.05, 0) is 41.0 Å². The van der Waals surface area contributed by atoms with E-state index in [2.05, 4.69) is 22.5 Å². The number of carbonyl (C=O) groups is 4. The molecule has 2 aromatic rings. The zero-order chi connectivity index (χ0) is 31.7. The van der Waals surface area contributed by atoms with E-state index in [9.17, 15) is 24.3 Å². The average molecular weight is 594 g/mol. The van der Waals surface area contributed by atoms with E-state index < -0.39 is 48.1 Å². The molecule has 2 aromatic carbocycles. The highest BCUT2D eigenvalue weighted by Crippen LogP contribution is 2.44. The van der Waals surface area contributed by atoms with Crippen LogP contribution in [-0.2, 0) is 23.9 Å². The number of benzene rings is 2. The summed E-state index contributed by atoms with van der Waals surface area (Å²) >= 11 is 0. The van der Waals surface area contributed by atoms with Crippen LogP contribution in [0.15, 0.2) is 61.2 Å². The number of esters is 1. The minimum Gasteiger partial charge on any atom is -0.461 e. The Labute approximate surface area is 253 Å². The molecule has 3 rings (SSSR count). The van der Waals surface area contributed by atoms with E-state index in [1.165, 1.54) is 13.0 Å². The number of aliphatic hydroxyl groups excluding tert-OH is 1. The summed E-state index contributed by atoms with van der Waals surface area (Å²) in [6.45, 7) is 12.2.